The predicted octanol–water partition coefficient (Wildman–Crippen LogP) is 2.79. The fourth-order valence-corrected chi connectivity index (χ4v) is 2.33. The molecule has 0 saturated heterocycles. The van der Waals surface area contributed by atoms with Gasteiger partial charge in [0.05, 0.1) is 11.7 Å². The van der Waals surface area contributed by atoms with Gasteiger partial charge in [0, 0.05) is 12.1 Å². The molecule has 0 aliphatic rings. The average Bonchev–Trinajstić information content (AvgIpc) is 2.58. The third-order valence-corrected chi connectivity index (χ3v) is 3.72. The van der Waals surface area contributed by atoms with Gasteiger partial charge in [-0.15, -0.1) is 0 Å². The van der Waals surface area contributed by atoms with Crippen molar-refractivity contribution >= 4 is 5.91 Å². The van der Waals surface area contributed by atoms with Crippen LogP contribution < -0.4 is 15.8 Å². The highest BCUT2D eigenvalue weighted by Gasteiger charge is 2.17. The number of aliphatic hydroxyl groups is 1. The van der Waals surface area contributed by atoms with Crippen molar-refractivity contribution in [2.24, 2.45) is 5.73 Å². The number of ether oxygens (including phenoxy) is 1. The lowest BCUT2D eigenvalue weighted by Gasteiger charge is -2.23. The average molecular weight is 342 g/mol. The first-order chi connectivity index (χ1) is 11.8. The van der Waals surface area contributed by atoms with Gasteiger partial charge in [-0.2, -0.15) is 0 Å². The Hall–Kier alpha value is -2.37. The van der Waals surface area contributed by atoms with E-state index in [1.54, 1.807) is 18.2 Å². The van der Waals surface area contributed by atoms with Gasteiger partial charge in [0.25, 0.3) is 5.91 Å². The molecule has 2 rings (SSSR count). The van der Waals surface area contributed by atoms with Crippen molar-refractivity contribution in [3.05, 3.63) is 65.2 Å². The lowest BCUT2D eigenvalue weighted by atomic mass is 10.0. The number of amides is 1. The Morgan fingerprint density at radius 3 is 2.48 bits per heavy atom. The van der Waals surface area contributed by atoms with Gasteiger partial charge in [0.15, 0.2) is 0 Å². The minimum absolute atomic E-state index is 0.105. The molecule has 2 aromatic rings. The second-order valence-corrected chi connectivity index (χ2v) is 7.04. The van der Waals surface area contributed by atoms with Gasteiger partial charge in [-0.3, -0.25) is 4.79 Å². The van der Waals surface area contributed by atoms with Crippen molar-refractivity contribution in [2.45, 2.75) is 39.0 Å². The first-order valence-electron chi connectivity index (χ1n) is 8.30. The highest BCUT2D eigenvalue weighted by Crippen LogP contribution is 2.24. The highest BCUT2D eigenvalue weighted by molar-refractivity contribution is 5.95. The van der Waals surface area contributed by atoms with E-state index >= 15 is 0 Å². The first kappa shape index (κ1) is 19.0. The van der Waals surface area contributed by atoms with Crippen LogP contribution in [0.25, 0.3) is 0 Å². The summed E-state index contributed by atoms with van der Waals surface area (Å²) < 4.78 is 5.74. The van der Waals surface area contributed by atoms with E-state index in [1.165, 1.54) is 0 Å². The second-order valence-electron chi connectivity index (χ2n) is 7.04. The Balaban J connectivity index is 2.12. The number of primary amides is 1. The maximum absolute atomic E-state index is 11.8. The molecule has 1 unspecified atom stereocenters. The SMILES string of the molecule is CC(C)(C)NCC(O)c1ccc(OCc2ccccc2)c(C(N)=O)c1. The van der Waals surface area contributed by atoms with Crippen LogP contribution in [0.2, 0.25) is 0 Å². The maximum atomic E-state index is 11.8. The maximum Gasteiger partial charge on any atom is 0.252 e. The van der Waals surface area contributed by atoms with E-state index in [0.717, 1.165) is 5.56 Å². The fourth-order valence-electron chi connectivity index (χ4n) is 2.33. The molecule has 0 heterocycles. The molecule has 5 heteroatoms. The number of carbonyl (C=O) groups excluding carboxylic acids is 1. The number of carbonyl (C=O) groups is 1. The molecular weight excluding hydrogens is 316 g/mol. The standard InChI is InChI=1S/C20H26N2O3/c1-20(2,3)22-12-17(23)15-9-10-18(16(11-15)19(21)24)25-13-14-7-5-4-6-8-14/h4-11,17,22-23H,12-13H2,1-3H3,(H2,21,24). The predicted molar refractivity (Wildman–Crippen MR) is 98.4 cm³/mol. The van der Waals surface area contributed by atoms with Gasteiger partial charge < -0.3 is 20.9 Å². The van der Waals surface area contributed by atoms with Gasteiger partial charge >= 0.3 is 0 Å². The molecule has 5 nitrogen and oxygen atoms in total. The molecule has 0 saturated carbocycles. The molecule has 0 aliphatic heterocycles. The Labute approximate surface area is 148 Å². The van der Waals surface area contributed by atoms with Gasteiger partial charge in [-0.05, 0) is 44.0 Å². The van der Waals surface area contributed by atoms with E-state index in [4.69, 9.17) is 10.5 Å². The normalized spacial score (nSPS) is 12.6. The fraction of sp³-hybridized carbons (Fsp3) is 0.350. The summed E-state index contributed by atoms with van der Waals surface area (Å²) in [6.45, 7) is 6.79. The van der Waals surface area contributed by atoms with Crippen molar-refractivity contribution < 1.29 is 14.6 Å². The number of hydrogen-bond acceptors (Lipinski definition) is 4. The Morgan fingerprint density at radius 1 is 1.20 bits per heavy atom. The van der Waals surface area contributed by atoms with Gasteiger partial charge in [0.1, 0.15) is 12.4 Å². The summed E-state index contributed by atoms with van der Waals surface area (Å²) in [7, 11) is 0. The molecule has 0 aliphatic carbocycles. The van der Waals surface area contributed by atoms with E-state index in [9.17, 15) is 9.90 Å². The number of aliphatic hydroxyl groups excluding tert-OH is 1. The molecule has 2 aromatic carbocycles. The van der Waals surface area contributed by atoms with Crippen molar-refractivity contribution in [3.8, 4) is 5.75 Å². The van der Waals surface area contributed by atoms with Crippen LogP contribution in [0, 0.1) is 0 Å². The third kappa shape index (κ3) is 5.89. The molecule has 1 atom stereocenters. The summed E-state index contributed by atoms with van der Waals surface area (Å²) >= 11 is 0. The van der Waals surface area contributed by atoms with E-state index in [0.29, 0.717) is 24.5 Å². The van der Waals surface area contributed by atoms with Crippen LogP contribution in [0.4, 0.5) is 0 Å². The minimum atomic E-state index is -0.736. The van der Waals surface area contributed by atoms with Crippen LogP contribution >= 0.6 is 0 Å². The lowest BCUT2D eigenvalue weighted by molar-refractivity contribution is 0.0995. The van der Waals surface area contributed by atoms with Crippen LogP contribution in [0.1, 0.15) is 48.4 Å². The third-order valence-electron chi connectivity index (χ3n) is 3.72. The second kappa shape index (κ2) is 8.14. The molecule has 0 spiro atoms. The van der Waals surface area contributed by atoms with Gasteiger partial charge in [-0.1, -0.05) is 36.4 Å². The smallest absolute Gasteiger partial charge is 0.252 e. The Kier molecular flexibility index (Phi) is 6.17. The summed E-state index contributed by atoms with van der Waals surface area (Å²) in [5.74, 6) is -0.169. The quantitative estimate of drug-likeness (QED) is 0.722. The van der Waals surface area contributed by atoms with Gasteiger partial charge in [0.2, 0.25) is 0 Å². The summed E-state index contributed by atoms with van der Waals surface area (Å²) in [6, 6.07) is 14.7. The van der Waals surface area contributed by atoms with Gasteiger partial charge in [-0.25, -0.2) is 0 Å². The number of rotatable bonds is 7. The topological polar surface area (TPSA) is 84.6 Å². The van der Waals surface area contributed by atoms with E-state index in [2.05, 4.69) is 5.32 Å². The Morgan fingerprint density at radius 2 is 1.88 bits per heavy atom. The zero-order valence-corrected chi connectivity index (χ0v) is 15.0. The van der Waals surface area contributed by atoms with E-state index in [-0.39, 0.29) is 11.1 Å². The summed E-state index contributed by atoms with van der Waals surface area (Å²) in [5, 5.41) is 13.6. The van der Waals surface area contributed by atoms with Crippen LogP contribution in [0.15, 0.2) is 48.5 Å². The number of hydrogen-bond donors (Lipinski definition) is 3. The molecule has 0 aromatic heterocycles. The molecule has 0 radical (unpaired) electrons. The summed E-state index contributed by atoms with van der Waals surface area (Å²) in [5.41, 5.74) is 7.26. The highest BCUT2D eigenvalue weighted by atomic mass is 16.5. The summed E-state index contributed by atoms with van der Waals surface area (Å²) in [6.07, 6.45) is -0.736. The number of benzene rings is 2. The first-order valence-corrected chi connectivity index (χ1v) is 8.30. The van der Waals surface area contributed by atoms with Crippen LogP contribution in [0.5, 0.6) is 5.75 Å². The molecule has 1 amide bonds. The number of nitrogens with one attached hydrogen (secondary N) is 1. The lowest BCUT2D eigenvalue weighted by Crippen LogP contribution is -2.38. The zero-order valence-electron chi connectivity index (χ0n) is 15.0. The van der Waals surface area contributed by atoms with E-state index < -0.39 is 12.0 Å². The van der Waals surface area contributed by atoms with E-state index in [1.807, 2.05) is 51.1 Å². The summed E-state index contributed by atoms with van der Waals surface area (Å²) in [4.78, 5) is 11.8. The minimum Gasteiger partial charge on any atom is -0.488 e. The Bertz CT molecular complexity index is 709. The number of β-amino-alcohol motifs (C(OH)–C–C–N with tert-alkyl or cyclic N) is 1. The van der Waals surface area contributed by atoms with Crippen molar-refractivity contribution in [3.63, 3.8) is 0 Å². The van der Waals surface area contributed by atoms with Crippen molar-refractivity contribution in [2.75, 3.05) is 6.54 Å². The molecule has 25 heavy (non-hydrogen) atoms. The van der Waals surface area contributed by atoms with Crippen LogP contribution in [0.3, 0.4) is 0 Å². The molecule has 0 bridgehead atoms. The largest absolute Gasteiger partial charge is 0.488 e. The monoisotopic (exact) mass is 342 g/mol. The molecular formula is C20H26N2O3. The van der Waals surface area contributed by atoms with Crippen molar-refractivity contribution in [1.29, 1.82) is 0 Å². The molecule has 0 fully saturated rings. The zero-order chi connectivity index (χ0) is 18.4. The number of nitrogens with two attached hydrogens (primary N) is 1. The van der Waals surface area contributed by atoms with Crippen molar-refractivity contribution in [1.82, 2.24) is 5.32 Å². The molecule has 134 valence electrons. The molecule has 4 N–H and O–H groups in total. The van der Waals surface area contributed by atoms with Crippen LogP contribution in [-0.2, 0) is 6.61 Å². The van der Waals surface area contributed by atoms with Crippen LogP contribution in [-0.4, -0.2) is 23.1 Å².